The molecule has 3 aromatic rings. The number of aromatic nitrogens is 3. The molecule has 35 heavy (non-hydrogen) atoms. The van der Waals surface area contributed by atoms with Gasteiger partial charge < -0.3 is 30.2 Å². The maximum absolute atomic E-state index is 5.42. The number of nitrogens with one attached hydrogen (secondary N) is 3. The molecular formula is C25H34N6O3S. The molecule has 0 atom stereocenters. The molecule has 0 radical (unpaired) electrons. The minimum atomic E-state index is 0.492. The van der Waals surface area contributed by atoms with Gasteiger partial charge in [0.05, 0.1) is 27.5 Å². The first-order valence-electron chi connectivity index (χ1n) is 11.8. The van der Waals surface area contributed by atoms with Crippen molar-refractivity contribution in [3.05, 3.63) is 30.5 Å². The van der Waals surface area contributed by atoms with Crippen LogP contribution >= 0.6 is 12.2 Å². The van der Waals surface area contributed by atoms with Gasteiger partial charge in [-0.2, -0.15) is 0 Å². The van der Waals surface area contributed by atoms with Crippen LogP contribution in [-0.2, 0) is 0 Å². The highest BCUT2D eigenvalue weighted by molar-refractivity contribution is 7.80. The second kappa shape index (κ2) is 13.5. The van der Waals surface area contributed by atoms with Crippen LogP contribution in [0.5, 0.6) is 17.2 Å². The number of unbranched alkanes of at least 4 members (excludes halogenated alkanes) is 5. The fourth-order valence-corrected chi connectivity index (χ4v) is 3.80. The Morgan fingerprint density at radius 1 is 0.886 bits per heavy atom. The maximum atomic E-state index is 5.42. The fraction of sp³-hybridized carbons (Fsp3) is 0.440. The lowest BCUT2D eigenvalue weighted by Gasteiger charge is -2.15. The van der Waals surface area contributed by atoms with Crippen molar-refractivity contribution in [3.8, 4) is 17.2 Å². The Morgan fingerprint density at radius 2 is 1.57 bits per heavy atom. The first kappa shape index (κ1) is 26.2. The summed E-state index contributed by atoms with van der Waals surface area (Å²) in [5.41, 5.74) is 1.88. The van der Waals surface area contributed by atoms with Crippen molar-refractivity contribution in [2.24, 2.45) is 0 Å². The molecule has 1 aromatic carbocycles. The van der Waals surface area contributed by atoms with E-state index in [1.165, 1.54) is 32.1 Å². The van der Waals surface area contributed by atoms with Gasteiger partial charge >= 0.3 is 0 Å². The number of thiocarbonyl (C=S) groups is 1. The molecule has 0 fully saturated rings. The van der Waals surface area contributed by atoms with Crippen molar-refractivity contribution in [2.75, 3.05) is 38.5 Å². The van der Waals surface area contributed by atoms with Gasteiger partial charge in [-0.1, -0.05) is 39.0 Å². The third kappa shape index (κ3) is 7.54. The second-order valence-corrected chi connectivity index (χ2v) is 8.39. The second-order valence-electron chi connectivity index (χ2n) is 7.98. The first-order chi connectivity index (χ1) is 17.1. The number of rotatable bonds is 13. The summed E-state index contributed by atoms with van der Waals surface area (Å²) < 4.78 is 16.2. The zero-order valence-corrected chi connectivity index (χ0v) is 21.6. The zero-order valence-electron chi connectivity index (χ0n) is 20.8. The molecule has 0 aliphatic rings. The number of hydrogen-bond acceptors (Lipinski definition) is 8. The molecule has 0 unspecified atom stereocenters. The smallest absolute Gasteiger partial charge is 0.203 e. The van der Waals surface area contributed by atoms with Crippen LogP contribution in [0.3, 0.4) is 0 Å². The Morgan fingerprint density at radius 3 is 2.26 bits per heavy atom. The van der Waals surface area contributed by atoms with Gasteiger partial charge in [0, 0.05) is 24.4 Å². The molecule has 10 heteroatoms. The highest BCUT2D eigenvalue weighted by atomic mass is 32.1. The maximum Gasteiger partial charge on any atom is 0.203 e. The van der Waals surface area contributed by atoms with Crippen LogP contribution in [0.25, 0.3) is 11.2 Å². The van der Waals surface area contributed by atoms with E-state index < -0.39 is 0 Å². The highest BCUT2D eigenvalue weighted by Crippen LogP contribution is 2.40. The first-order valence-corrected chi connectivity index (χ1v) is 12.2. The number of fused-ring (bicyclic) bond motifs is 1. The molecule has 2 heterocycles. The largest absolute Gasteiger partial charge is 0.493 e. The molecule has 188 valence electrons. The molecule has 0 saturated heterocycles. The van der Waals surface area contributed by atoms with E-state index in [9.17, 15) is 0 Å². The lowest BCUT2D eigenvalue weighted by Crippen LogP contribution is -2.29. The van der Waals surface area contributed by atoms with Gasteiger partial charge in [0.25, 0.3) is 0 Å². The lowest BCUT2D eigenvalue weighted by molar-refractivity contribution is 0.324. The van der Waals surface area contributed by atoms with Gasteiger partial charge in [-0.15, -0.1) is 0 Å². The van der Waals surface area contributed by atoms with Crippen molar-refractivity contribution < 1.29 is 14.2 Å². The standard InChI is InChI=1S/C25H34N6O3S/c1-5-6-7-8-9-10-13-26-25(35)31-21-12-11-18-24(29-21)30-22(16-27-18)28-17-14-19(32-2)23(34-4)20(15-17)33-3/h11-12,14-16H,5-10,13H2,1-4H3,(H3,26,28,29,30,31,35). The molecule has 0 aliphatic carbocycles. The average molecular weight is 499 g/mol. The molecule has 9 nitrogen and oxygen atoms in total. The van der Waals surface area contributed by atoms with E-state index in [2.05, 4.69) is 37.8 Å². The average Bonchev–Trinajstić information content (AvgIpc) is 2.87. The molecule has 0 spiro atoms. The van der Waals surface area contributed by atoms with Gasteiger partial charge in [-0.05, 0) is 30.8 Å². The van der Waals surface area contributed by atoms with Crippen LogP contribution in [0, 0.1) is 0 Å². The number of nitrogens with zero attached hydrogens (tertiary/aromatic N) is 3. The van der Waals surface area contributed by atoms with E-state index in [-0.39, 0.29) is 0 Å². The van der Waals surface area contributed by atoms with Crippen molar-refractivity contribution in [2.45, 2.75) is 45.4 Å². The van der Waals surface area contributed by atoms with E-state index in [0.29, 0.717) is 50.8 Å². The molecule has 0 saturated carbocycles. The normalized spacial score (nSPS) is 10.6. The summed E-state index contributed by atoms with van der Waals surface area (Å²) in [7, 11) is 4.71. The summed E-state index contributed by atoms with van der Waals surface area (Å²) in [6.07, 6.45) is 9.10. The Bertz CT molecular complexity index is 1100. The van der Waals surface area contributed by atoms with Crippen LogP contribution in [0.4, 0.5) is 17.3 Å². The third-order valence-electron chi connectivity index (χ3n) is 5.40. The van der Waals surface area contributed by atoms with Gasteiger partial charge in [0.2, 0.25) is 5.75 Å². The summed E-state index contributed by atoms with van der Waals surface area (Å²) in [5, 5.41) is 10.1. The summed E-state index contributed by atoms with van der Waals surface area (Å²) in [5.74, 6) is 2.73. The van der Waals surface area contributed by atoms with Gasteiger partial charge in [-0.3, -0.25) is 0 Å². The van der Waals surface area contributed by atoms with E-state index in [1.54, 1.807) is 39.7 Å². The molecule has 0 bridgehead atoms. The molecule has 2 aromatic heterocycles. The SMILES string of the molecule is CCCCCCCCNC(=S)Nc1ccc2ncc(Nc3cc(OC)c(OC)c(OC)c3)nc2n1. The van der Waals surface area contributed by atoms with E-state index in [4.69, 9.17) is 26.4 Å². The van der Waals surface area contributed by atoms with Crippen LogP contribution in [0.2, 0.25) is 0 Å². The zero-order chi connectivity index (χ0) is 25.0. The van der Waals surface area contributed by atoms with Crippen molar-refractivity contribution in [1.82, 2.24) is 20.3 Å². The molecule has 0 aliphatic heterocycles. The number of pyridine rings is 1. The molecular weight excluding hydrogens is 464 g/mol. The molecule has 3 N–H and O–H groups in total. The van der Waals surface area contributed by atoms with Crippen LogP contribution in [-0.4, -0.2) is 47.9 Å². The van der Waals surface area contributed by atoms with E-state index in [1.807, 2.05) is 12.1 Å². The lowest BCUT2D eigenvalue weighted by atomic mass is 10.1. The number of ether oxygens (including phenoxy) is 3. The Hall–Kier alpha value is -3.40. The van der Waals surface area contributed by atoms with Crippen molar-refractivity contribution in [1.29, 1.82) is 0 Å². The fourth-order valence-electron chi connectivity index (χ4n) is 3.60. The molecule has 0 amide bonds. The predicted molar refractivity (Wildman–Crippen MR) is 144 cm³/mol. The number of methoxy groups -OCH3 is 3. The minimum absolute atomic E-state index is 0.492. The third-order valence-corrected chi connectivity index (χ3v) is 5.65. The number of anilines is 3. The van der Waals surface area contributed by atoms with Crippen molar-refractivity contribution >= 4 is 45.8 Å². The Balaban J connectivity index is 1.64. The summed E-state index contributed by atoms with van der Waals surface area (Å²) >= 11 is 5.41. The minimum Gasteiger partial charge on any atom is -0.493 e. The molecule has 3 rings (SSSR count). The van der Waals surface area contributed by atoms with Gasteiger partial charge in [0.1, 0.15) is 11.3 Å². The van der Waals surface area contributed by atoms with Crippen LogP contribution in [0.1, 0.15) is 45.4 Å². The van der Waals surface area contributed by atoms with Crippen LogP contribution in [0.15, 0.2) is 30.5 Å². The highest BCUT2D eigenvalue weighted by Gasteiger charge is 2.14. The quantitative estimate of drug-likeness (QED) is 0.208. The number of benzene rings is 1. The van der Waals surface area contributed by atoms with E-state index >= 15 is 0 Å². The van der Waals surface area contributed by atoms with Gasteiger partial charge in [0.15, 0.2) is 28.1 Å². The van der Waals surface area contributed by atoms with E-state index in [0.717, 1.165) is 13.0 Å². The predicted octanol–water partition coefficient (Wildman–Crippen LogP) is 5.44. The van der Waals surface area contributed by atoms with Crippen molar-refractivity contribution in [3.63, 3.8) is 0 Å². The Kier molecular flexibility index (Phi) is 10.1. The van der Waals surface area contributed by atoms with Crippen LogP contribution < -0.4 is 30.2 Å². The van der Waals surface area contributed by atoms with Gasteiger partial charge in [-0.25, -0.2) is 15.0 Å². The summed E-state index contributed by atoms with van der Waals surface area (Å²) in [6.45, 7) is 3.07. The Labute approximate surface area is 212 Å². The topological polar surface area (TPSA) is 102 Å². The number of hydrogen-bond donors (Lipinski definition) is 3. The summed E-state index contributed by atoms with van der Waals surface area (Å²) in [4.78, 5) is 13.6. The monoisotopic (exact) mass is 498 g/mol. The summed E-state index contributed by atoms with van der Waals surface area (Å²) in [6, 6.07) is 7.29.